The Kier molecular flexibility index (Phi) is 3.35. The standard InChI is InChI=1S/C17H20N4O3/c1-10-3-4-11(2)13(5-10)14(22)21-6-12-7-23-9-17(12,8-21)15-19-20-16(18)24-15/h3-5,12H,6-9H2,1-2H3,(H2,18,20)/t12-,17-/m0/s1. The molecule has 24 heavy (non-hydrogen) atoms. The smallest absolute Gasteiger partial charge is 0.312 e. The molecule has 1 aromatic heterocycles. The van der Waals surface area contributed by atoms with E-state index >= 15 is 0 Å². The summed E-state index contributed by atoms with van der Waals surface area (Å²) in [6.07, 6.45) is 0. The van der Waals surface area contributed by atoms with Crippen LogP contribution in [0.3, 0.4) is 0 Å². The van der Waals surface area contributed by atoms with Gasteiger partial charge in [-0.2, -0.15) is 0 Å². The number of hydrogen-bond donors (Lipinski definition) is 1. The van der Waals surface area contributed by atoms with Crippen LogP contribution in [0.2, 0.25) is 0 Å². The number of aryl methyl sites for hydroxylation is 2. The summed E-state index contributed by atoms with van der Waals surface area (Å²) in [7, 11) is 0. The van der Waals surface area contributed by atoms with Crippen molar-refractivity contribution in [1.82, 2.24) is 15.1 Å². The van der Waals surface area contributed by atoms with Crippen LogP contribution in [0.15, 0.2) is 22.6 Å². The number of amides is 1. The van der Waals surface area contributed by atoms with E-state index in [1.54, 1.807) is 0 Å². The highest BCUT2D eigenvalue weighted by molar-refractivity contribution is 5.96. The Morgan fingerprint density at radius 3 is 2.96 bits per heavy atom. The van der Waals surface area contributed by atoms with Gasteiger partial charge in [-0.15, -0.1) is 5.10 Å². The Bertz CT molecular complexity index is 803. The van der Waals surface area contributed by atoms with Gasteiger partial charge in [0.05, 0.1) is 18.6 Å². The van der Waals surface area contributed by atoms with E-state index in [0.29, 0.717) is 32.2 Å². The first kappa shape index (κ1) is 15.1. The molecule has 7 nitrogen and oxygen atoms in total. The van der Waals surface area contributed by atoms with Crippen molar-refractivity contribution < 1.29 is 13.9 Å². The van der Waals surface area contributed by atoms with Gasteiger partial charge >= 0.3 is 6.01 Å². The number of ether oxygens (including phenoxy) is 1. The Labute approximate surface area is 139 Å². The molecule has 0 aliphatic carbocycles. The predicted molar refractivity (Wildman–Crippen MR) is 86.5 cm³/mol. The van der Waals surface area contributed by atoms with Crippen LogP contribution in [0.4, 0.5) is 6.01 Å². The molecular formula is C17H20N4O3. The van der Waals surface area contributed by atoms with Gasteiger partial charge in [0.2, 0.25) is 5.89 Å². The fraction of sp³-hybridized carbons (Fsp3) is 0.471. The van der Waals surface area contributed by atoms with E-state index in [2.05, 4.69) is 10.2 Å². The number of nitrogens with two attached hydrogens (primary N) is 1. The molecule has 4 rings (SSSR count). The molecule has 2 fully saturated rings. The second-order valence-corrected chi connectivity index (χ2v) is 6.82. The number of carbonyl (C=O) groups excluding carboxylic acids is 1. The summed E-state index contributed by atoms with van der Waals surface area (Å²) in [6.45, 7) is 6.13. The first-order chi connectivity index (χ1) is 11.5. The summed E-state index contributed by atoms with van der Waals surface area (Å²) in [6, 6.07) is 5.99. The van der Waals surface area contributed by atoms with Gasteiger partial charge in [0, 0.05) is 24.6 Å². The van der Waals surface area contributed by atoms with Gasteiger partial charge in [0.25, 0.3) is 5.91 Å². The van der Waals surface area contributed by atoms with Crippen LogP contribution in [-0.2, 0) is 10.2 Å². The molecule has 0 spiro atoms. The van der Waals surface area contributed by atoms with Gasteiger partial charge in [-0.1, -0.05) is 22.8 Å². The molecule has 0 unspecified atom stereocenters. The highest BCUT2D eigenvalue weighted by atomic mass is 16.5. The summed E-state index contributed by atoms with van der Waals surface area (Å²) in [4.78, 5) is 14.9. The maximum Gasteiger partial charge on any atom is 0.312 e. The van der Waals surface area contributed by atoms with E-state index in [9.17, 15) is 4.79 Å². The summed E-state index contributed by atoms with van der Waals surface area (Å²) in [5.41, 5.74) is 7.94. The number of fused-ring (bicyclic) bond motifs is 1. The van der Waals surface area contributed by atoms with Gasteiger partial charge in [0.1, 0.15) is 0 Å². The van der Waals surface area contributed by atoms with Crippen LogP contribution in [0.5, 0.6) is 0 Å². The molecule has 2 atom stereocenters. The van der Waals surface area contributed by atoms with Crippen LogP contribution in [-0.4, -0.2) is 47.3 Å². The molecule has 2 aliphatic rings. The molecule has 1 aromatic carbocycles. The predicted octanol–water partition coefficient (Wildman–Crippen LogP) is 1.31. The zero-order valence-electron chi connectivity index (χ0n) is 13.8. The number of benzene rings is 1. The van der Waals surface area contributed by atoms with Crippen molar-refractivity contribution in [1.29, 1.82) is 0 Å². The maximum atomic E-state index is 13.0. The van der Waals surface area contributed by atoms with Crippen molar-refractivity contribution in [3.8, 4) is 0 Å². The Morgan fingerprint density at radius 1 is 1.38 bits per heavy atom. The van der Waals surface area contributed by atoms with Crippen molar-refractivity contribution >= 4 is 11.9 Å². The number of likely N-dealkylation sites (tertiary alicyclic amines) is 1. The SMILES string of the molecule is Cc1ccc(C)c(C(=O)N2C[C@H]3COC[C@@]3(c3nnc(N)o3)C2)c1. The number of carbonyl (C=O) groups is 1. The molecule has 2 aromatic rings. The van der Waals surface area contributed by atoms with Gasteiger partial charge in [-0.05, 0) is 25.5 Å². The first-order valence-corrected chi connectivity index (χ1v) is 8.03. The molecule has 126 valence electrons. The zero-order valence-corrected chi connectivity index (χ0v) is 13.8. The van der Waals surface area contributed by atoms with Crippen molar-refractivity contribution in [3.63, 3.8) is 0 Å². The van der Waals surface area contributed by atoms with Crippen molar-refractivity contribution in [3.05, 3.63) is 40.8 Å². The molecule has 0 saturated carbocycles. The van der Waals surface area contributed by atoms with Gasteiger partial charge in [-0.25, -0.2) is 0 Å². The average molecular weight is 328 g/mol. The first-order valence-electron chi connectivity index (χ1n) is 8.03. The normalized spacial score (nSPS) is 25.9. The minimum Gasteiger partial charge on any atom is -0.407 e. The van der Waals surface area contributed by atoms with E-state index in [4.69, 9.17) is 14.9 Å². The molecule has 7 heteroatoms. The molecule has 2 aliphatic heterocycles. The topological polar surface area (TPSA) is 94.5 Å². The van der Waals surface area contributed by atoms with E-state index in [0.717, 1.165) is 16.7 Å². The highest BCUT2D eigenvalue weighted by Gasteiger charge is 2.56. The van der Waals surface area contributed by atoms with Crippen LogP contribution >= 0.6 is 0 Å². The highest BCUT2D eigenvalue weighted by Crippen LogP contribution is 2.43. The number of nitrogen functional groups attached to an aromatic ring is 1. The van der Waals surface area contributed by atoms with Gasteiger partial charge in [0.15, 0.2) is 0 Å². The van der Waals surface area contributed by atoms with E-state index in [1.807, 2.05) is 36.9 Å². The molecule has 3 heterocycles. The van der Waals surface area contributed by atoms with Crippen molar-refractivity contribution in [2.24, 2.45) is 5.92 Å². The van der Waals surface area contributed by atoms with Crippen molar-refractivity contribution in [2.75, 3.05) is 32.0 Å². The van der Waals surface area contributed by atoms with Crippen LogP contribution in [0, 0.1) is 19.8 Å². The van der Waals surface area contributed by atoms with Gasteiger partial charge < -0.3 is 19.8 Å². The summed E-state index contributed by atoms with van der Waals surface area (Å²) in [5, 5.41) is 7.84. The zero-order chi connectivity index (χ0) is 16.9. The third kappa shape index (κ3) is 2.19. The molecule has 2 saturated heterocycles. The number of rotatable bonds is 2. The fourth-order valence-electron chi connectivity index (χ4n) is 3.77. The van der Waals surface area contributed by atoms with Gasteiger partial charge in [-0.3, -0.25) is 4.79 Å². The molecular weight excluding hydrogens is 308 g/mol. The van der Waals surface area contributed by atoms with Crippen LogP contribution < -0.4 is 5.73 Å². The third-order valence-corrected chi connectivity index (χ3v) is 5.15. The Morgan fingerprint density at radius 2 is 2.21 bits per heavy atom. The lowest BCUT2D eigenvalue weighted by Gasteiger charge is -2.23. The quantitative estimate of drug-likeness (QED) is 0.893. The number of anilines is 1. The lowest BCUT2D eigenvalue weighted by atomic mass is 9.81. The maximum absolute atomic E-state index is 13.0. The molecule has 1 amide bonds. The minimum absolute atomic E-state index is 0.0393. The molecule has 0 radical (unpaired) electrons. The van der Waals surface area contributed by atoms with Crippen LogP contribution in [0.25, 0.3) is 0 Å². The Hall–Kier alpha value is -2.41. The number of nitrogens with zero attached hydrogens (tertiary/aromatic N) is 3. The summed E-state index contributed by atoms with van der Waals surface area (Å²) in [5.74, 6) is 0.655. The average Bonchev–Trinajstić information content (AvgIpc) is 3.22. The Balaban J connectivity index is 1.65. The fourth-order valence-corrected chi connectivity index (χ4v) is 3.77. The number of aromatic nitrogens is 2. The lowest BCUT2D eigenvalue weighted by molar-refractivity contribution is 0.0738. The monoisotopic (exact) mass is 328 g/mol. The number of hydrogen-bond acceptors (Lipinski definition) is 6. The van der Waals surface area contributed by atoms with Crippen LogP contribution in [0.1, 0.15) is 27.4 Å². The molecule has 0 bridgehead atoms. The third-order valence-electron chi connectivity index (χ3n) is 5.15. The van der Waals surface area contributed by atoms with Crippen molar-refractivity contribution in [2.45, 2.75) is 19.3 Å². The second-order valence-electron chi connectivity index (χ2n) is 6.82. The largest absolute Gasteiger partial charge is 0.407 e. The minimum atomic E-state index is -0.446. The lowest BCUT2D eigenvalue weighted by Crippen LogP contribution is -2.37. The van der Waals surface area contributed by atoms with E-state index < -0.39 is 5.41 Å². The molecule has 2 N–H and O–H groups in total. The van der Waals surface area contributed by atoms with E-state index in [-0.39, 0.29) is 17.8 Å². The van der Waals surface area contributed by atoms with E-state index in [1.165, 1.54) is 0 Å². The second kappa shape index (κ2) is 5.31. The summed E-state index contributed by atoms with van der Waals surface area (Å²) < 4.78 is 11.1. The summed E-state index contributed by atoms with van der Waals surface area (Å²) >= 11 is 0.